The van der Waals surface area contributed by atoms with Gasteiger partial charge in [-0.2, -0.15) is 0 Å². The van der Waals surface area contributed by atoms with Crippen LogP contribution in [0, 0.1) is 0 Å². The maximum absolute atomic E-state index is 3.68. The lowest BCUT2D eigenvalue weighted by atomic mass is 10.1. The Kier molecular flexibility index (Phi) is 5.23. The van der Waals surface area contributed by atoms with Crippen molar-refractivity contribution in [3.05, 3.63) is 29.8 Å². The van der Waals surface area contributed by atoms with E-state index in [0.29, 0.717) is 12.1 Å². The molecule has 3 heteroatoms. The molecule has 1 aliphatic heterocycles. The largest absolute Gasteiger partial charge is 0.382 e. The molecule has 0 aromatic heterocycles. The second kappa shape index (κ2) is 6.92. The summed E-state index contributed by atoms with van der Waals surface area (Å²) in [7, 11) is 4.23. The molecule has 0 amide bonds. The predicted octanol–water partition coefficient (Wildman–Crippen LogP) is 2.69. The summed E-state index contributed by atoms with van der Waals surface area (Å²) in [4.78, 5) is 2.21. The fourth-order valence-corrected chi connectivity index (χ4v) is 2.85. The molecule has 1 saturated heterocycles. The molecule has 1 fully saturated rings. The molecule has 2 rings (SSSR count). The Morgan fingerprint density at radius 2 is 2.16 bits per heavy atom. The molecule has 0 bridgehead atoms. The third-order valence-corrected chi connectivity index (χ3v) is 3.71. The number of benzene rings is 1. The molecule has 0 aliphatic carbocycles. The van der Waals surface area contributed by atoms with E-state index in [-0.39, 0.29) is 0 Å². The number of anilines is 1. The van der Waals surface area contributed by atoms with Crippen LogP contribution < -0.4 is 10.6 Å². The number of rotatable bonds is 6. The molecule has 2 atom stereocenters. The summed E-state index contributed by atoms with van der Waals surface area (Å²) in [5.41, 5.74) is 2.65. The molecule has 1 heterocycles. The van der Waals surface area contributed by atoms with Gasteiger partial charge >= 0.3 is 0 Å². The number of nitrogens with zero attached hydrogens (tertiary/aromatic N) is 1. The zero-order valence-corrected chi connectivity index (χ0v) is 12.4. The van der Waals surface area contributed by atoms with Crippen LogP contribution in [0.1, 0.15) is 31.7 Å². The zero-order chi connectivity index (χ0) is 13.7. The summed E-state index contributed by atoms with van der Waals surface area (Å²) in [6.07, 6.45) is 3.86. The molecule has 1 aromatic carbocycles. The molecule has 19 heavy (non-hydrogen) atoms. The normalized spacial score (nSPS) is 20.7. The van der Waals surface area contributed by atoms with Crippen molar-refractivity contribution < 1.29 is 0 Å². The van der Waals surface area contributed by atoms with Gasteiger partial charge in [-0.15, -0.1) is 0 Å². The minimum Gasteiger partial charge on any atom is -0.382 e. The van der Waals surface area contributed by atoms with Crippen LogP contribution in [0.2, 0.25) is 0 Å². The highest BCUT2D eigenvalue weighted by molar-refractivity contribution is 5.51. The van der Waals surface area contributed by atoms with Crippen molar-refractivity contribution in [2.45, 2.75) is 44.8 Å². The lowest BCUT2D eigenvalue weighted by Crippen LogP contribution is -2.29. The van der Waals surface area contributed by atoms with Gasteiger partial charge in [0.15, 0.2) is 0 Å². The van der Waals surface area contributed by atoms with E-state index in [0.717, 1.165) is 6.54 Å². The van der Waals surface area contributed by atoms with Gasteiger partial charge in [0.1, 0.15) is 0 Å². The van der Waals surface area contributed by atoms with Crippen molar-refractivity contribution in [1.82, 2.24) is 10.2 Å². The molecule has 106 valence electrons. The summed E-state index contributed by atoms with van der Waals surface area (Å²) in [5, 5.41) is 7.25. The Labute approximate surface area is 117 Å². The quantitative estimate of drug-likeness (QED) is 0.824. The summed E-state index contributed by atoms with van der Waals surface area (Å²) in [5.74, 6) is 0. The van der Waals surface area contributed by atoms with E-state index in [1.165, 1.54) is 37.1 Å². The predicted molar refractivity (Wildman–Crippen MR) is 82.6 cm³/mol. The van der Waals surface area contributed by atoms with Crippen LogP contribution in [0.3, 0.4) is 0 Å². The molecular formula is C16H27N3. The minimum absolute atomic E-state index is 0.513. The molecule has 2 N–H and O–H groups in total. The fraction of sp³-hybridized carbons (Fsp3) is 0.625. The molecule has 1 aromatic rings. The van der Waals surface area contributed by atoms with Crippen molar-refractivity contribution in [3.8, 4) is 0 Å². The van der Waals surface area contributed by atoms with Crippen molar-refractivity contribution in [1.29, 1.82) is 0 Å². The van der Waals surface area contributed by atoms with E-state index >= 15 is 0 Å². The van der Waals surface area contributed by atoms with Gasteiger partial charge in [-0.3, -0.25) is 0 Å². The Hall–Kier alpha value is -1.06. The van der Waals surface area contributed by atoms with Gasteiger partial charge in [0.05, 0.1) is 0 Å². The van der Waals surface area contributed by atoms with Gasteiger partial charge in [0.2, 0.25) is 0 Å². The molecule has 0 radical (unpaired) electrons. The summed E-state index contributed by atoms with van der Waals surface area (Å²) < 4.78 is 0. The van der Waals surface area contributed by atoms with E-state index in [4.69, 9.17) is 0 Å². The monoisotopic (exact) mass is 261 g/mol. The smallest absolute Gasteiger partial charge is 0.0387 e. The third kappa shape index (κ3) is 4.51. The van der Waals surface area contributed by atoms with E-state index in [9.17, 15) is 0 Å². The molecule has 2 unspecified atom stereocenters. The van der Waals surface area contributed by atoms with Crippen LogP contribution in [0.4, 0.5) is 5.69 Å². The average Bonchev–Trinajstić information content (AvgIpc) is 2.83. The minimum atomic E-state index is 0.513. The number of hydrogen-bond donors (Lipinski definition) is 2. The third-order valence-electron chi connectivity index (χ3n) is 3.71. The first kappa shape index (κ1) is 14.4. The maximum atomic E-state index is 3.68. The van der Waals surface area contributed by atoms with Crippen LogP contribution in [0.25, 0.3) is 0 Å². The fourth-order valence-electron chi connectivity index (χ4n) is 2.85. The van der Waals surface area contributed by atoms with E-state index < -0.39 is 0 Å². The maximum Gasteiger partial charge on any atom is 0.0387 e. The van der Waals surface area contributed by atoms with Gasteiger partial charge in [-0.1, -0.05) is 18.2 Å². The van der Waals surface area contributed by atoms with Gasteiger partial charge in [-0.25, -0.2) is 0 Å². The summed E-state index contributed by atoms with van der Waals surface area (Å²) in [6.45, 7) is 4.46. The molecular weight excluding hydrogens is 234 g/mol. The van der Waals surface area contributed by atoms with Crippen LogP contribution in [0.5, 0.6) is 0 Å². The van der Waals surface area contributed by atoms with Crippen LogP contribution >= 0.6 is 0 Å². The molecule has 0 saturated carbocycles. The Morgan fingerprint density at radius 3 is 2.84 bits per heavy atom. The standard InChI is InChI=1S/C16H27N3/c1-13(11-15-8-6-10-17-15)18-16-9-5-4-7-14(16)12-19(2)3/h4-5,7,9,13,15,17-18H,6,8,10-12H2,1-3H3. The number of para-hydroxylation sites is 1. The first-order chi connectivity index (χ1) is 9.15. The Balaban J connectivity index is 1.93. The highest BCUT2D eigenvalue weighted by Crippen LogP contribution is 2.19. The van der Waals surface area contributed by atoms with Crippen molar-refractivity contribution in [2.24, 2.45) is 0 Å². The lowest BCUT2D eigenvalue weighted by molar-refractivity contribution is 0.403. The van der Waals surface area contributed by atoms with Crippen LogP contribution in [0.15, 0.2) is 24.3 Å². The highest BCUT2D eigenvalue weighted by atomic mass is 15.1. The highest BCUT2D eigenvalue weighted by Gasteiger charge is 2.17. The zero-order valence-electron chi connectivity index (χ0n) is 12.4. The average molecular weight is 261 g/mol. The van der Waals surface area contributed by atoms with Crippen LogP contribution in [-0.4, -0.2) is 37.6 Å². The van der Waals surface area contributed by atoms with E-state index in [1.54, 1.807) is 0 Å². The topological polar surface area (TPSA) is 27.3 Å². The number of hydrogen-bond acceptors (Lipinski definition) is 3. The summed E-state index contributed by atoms with van der Waals surface area (Å²) >= 11 is 0. The van der Waals surface area contributed by atoms with Crippen LogP contribution in [-0.2, 0) is 6.54 Å². The molecule has 1 aliphatic rings. The molecule has 3 nitrogen and oxygen atoms in total. The lowest BCUT2D eigenvalue weighted by Gasteiger charge is -2.22. The first-order valence-corrected chi connectivity index (χ1v) is 7.37. The summed E-state index contributed by atoms with van der Waals surface area (Å²) in [6, 6.07) is 9.85. The first-order valence-electron chi connectivity index (χ1n) is 7.37. The van der Waals surface area contributed by atoms with Crippen molar-refractivity contribution in [2.75, 3.05) is 26.0 Å². The van der Waals surface area contributed by atoms with Gasteiger partial charge in [0, 0.05) is 24.3 Å². The molecule has 0 spiro atoms. The Morgan fingerprint density at radius 1 is 1.37 bits per heavy atom. The van der Waals surface area contributed by atoms with Gasteiger partial charge in [-0.05, 0) is 58.5 Å². The number of nitrogens with one attached hydrogen (secondary N) is 2. The van der Waals surface area contributed by atoms with Gasteiger partial charge < -0.3 is 15.5 Å². The van der Waals surface area contributed by atoms with E-state index in [1.807, 2.05) is 0 Å². The van der Waals surface area contributed by atoms with Gasteiger partial charge in [0.25, 0.3) is 0 Å². The second-order valence-electron chi connectivity index (χ2n) is 5.97. The second-order valence-corrected chi connectivity index (χ2v) is 5.97. The SMILES string of the molecule is CC(CC1CCCN1)Nc1ccccc1CN(C)C. The van der Waals surface area contributed by atoms with Crippen molar-refractivity contribution >= 4 is 5.69 Å². The Bertz CT molecular complexity index is 383. The van der Waals surface area contributed by atoms with Crippen molar-refractivity contribution in [3.63, 3.8) is 0 Å². The van der Waals surface area contributed by atoms with E-state index in [2.05, 4.69) is 60.8 Å².